The van der Waals surface area contributed by atoms with Crippen LogP contribution in [0.5, 0.6) is 0 Å². The van der Waals surface area contributed by atoms with Crippen molar-refractivity contribution >= 4 is 0 Å². The third-order valence-corrected chi connectivity index (χ3v) is 4.33. The van der Waals surface area contributed by atoms with Crippen LogP contribution in [0.1, 0.15) is 51.2 Å². The summed E-state index contributed by atoms with van der Waals surface area (Å²) in [6, 6.07) is 9.10. The molecule has 0 saturated heterocycles. The quantitative estimate of drug-likeness (QED) is 0.848. The Bertz CT molecular complexity index is 385. The molecule has 19 heavy (non-hydrogen) atoms. The van der Waals surface area contributed by atoms with Crippen LogP contribution in [0.3, 0.4) is 0 Å². The van der Waals surface area contributed by atoms with Gasteiger partial charge in [-0.25, -0.2) is 0 Å². The molecule has 0 radical (unpaired) electrons. The summed E-state index contributed by atoms with van der Waals surface area (Å²) < 4.78 is 0. The van der Waals surface area contributed by atoms with Crippen molar-refractivity contribution in [1.29, 1.82) is 0 Å². The summed E-state index contributed by atoms with van der Waals surface area (Å²) in [6.45, 7) is 10.1. The Hall–Kier alpha value is -0.820. The largest absolute Gasteiger partial charge is 0.312 e. The second-order valence-electron chi connectivity index (χ2n) is 7.27. The molecule has 2 unspecified atom stereocenters. The first-order valence-corrected chi connectivity index (χ1v) is 7.74. The smallest absolute Gasteiger partial charge is 0.00966 e. The maximum atomic E-state index is 3.69. The summed E-state index contributed by atoms with van der Waals surface area (Å²) in [5.74, 6) is 1.73. The van der Waals surface area contributed by atoms with Crippen molar-refractivity contribution in [3.8, 4) is 0 Å². The molecule has 1 heteroatoms. The van der Waals surface area contributed by atoms with Gasteiger partial charge in [0, 0.05) is 5.54 Å². The molecule has 0 heterocycles. The van der Waals surface area contributed by atoms with E-state index in [-0.39, 0.29) is 5.54 Å². The van der Waals surface area contributed by atoms with Crippen LogP contribution in [-0.4, -0.2) is 12.1 Å². The highest BCUT2D eigenvalue weighted by atomic mass is 14.9. The molecule has 1 aromatic carbocycles. The van der Waals surface area contributed by atoms with Crippen LogP contribution >= 0.6 is 0 Å². The number of nitrogens with one attached hydrogen (secondary N) is 1. The zero-order chi connectivity index (χ0) is 13.9. The Morgan fingerprint density at radius 3 is 2.32 bits per heavy atom. The molecular weight excluding hydrogens is 230 g/mol. The van der Waals surface area contributed by atoms with Crippen LogP contribution in [0.2, 0.25) is 0 Å². The third kappa shape index (κ3) is 4.65. The van der Waals surface area contributed by atoms with Crippen LogP contribution in [0, 0.1) is 18.8 Å². The lowest BCUT2D eigenvalue weighted by Gasteiger charge is -2.26. The first-order valence-electron chi connectivity index (χ1n) is 7.74. The molecule has 0 bridgehead atoms. The lowest BCUT2D eigenvalue weighted by molar-refractivity contribution is 0.317. The summed E-state index contributed by atoms with van der Waals surface area (Å²) >= 11 is 0. The molecule has 0 amide bonds. The van der Waals surface area contributed by atoms with Gasteiger partial charge >= 0.3 is 0 Å². The van der Waals surface area contributed by atoms with Crippen molar-refractivity contribution < 1.29 is 0 Å². The van der Waals surface area contributed by atoms with Gasteiger partial charge in [0.2, 0.25) is 0 Å². The van der Waals surface area contributed by atoms with E-state index in [9.17, 15) is 0 Å². The van der Waals surface area contributed by atoms with Gasteiger partial charge in [0.1, 0.15) is 0 Å². The molecule has 1 saturated carbocycles. The van der Waals surface area contributed by atoms with E-state index in [4.69, 9.17) is 0 Å². The van der Waals surface area contributed by atoms with Crippen LogP contribution in [0.15, 0.2) is 24.3 Å². The molecule has 1 aliphatic carbocycles. The van der Waals surface area contributed by atoms with Crippen molar-refractivity contribution in [2.24, 2.45) is 11.8 Å². The number of hydrogen-bond acceptors (Lipinski definition) is 1. The highest BCUT2D eigenvalue weighted by Crippen LogP contribution is 2.34. The minimum Gasteiger partial charge on any atom is -0.312 e. The number of benzene rings is 1. The van der Waals surface area contributed by atoms with Gasteiger partial charge in [-0.15, -0.1) is 0 Å². The lowest BCUT2D eigenvalue weighted by Crippen LogP contribution is -2.40. The topological polar surface area (TPSA) is 12.0 Å². The summed E-state index contributed by atoms with van der Waals surface area (Å²) in [6.07, 6.45) is 5.48. The zero-order valence-electron chi connectivity index (χ0n) is 13.0. The van der Waals surface area contributed by atoms with E-state index in [1.165, 1.54) is 43.4 Å². The first kappa shape index (κ1) is 14.6. The van der Waals surface area contributed by atoms with E-state index in [1.54, 1.807) is 0 Å². The van der Waals surface area contributed by atoms with Gasteiger partial charge in [0.15, 0.2) is 0 Å². The summed E-state index contributed by atoms with van der Waals surface area (Å²) in [5, 5.41) is 3.69. The molecule has 1 aromatic rings. The first-order chi connectivity index (χ1) is 8.94. The highest BCUT2D eigenvalue weighted by Gasteiger charge is 2.28. The molecule has 0 aliphatic heterocycles. The van der Waals surface area contributed by atoms with Crippen molar-refractivity contribution in [3.05, 3.63) is 35.4 Å². The molecule has 1 aliphatic rings. The van der Waals surface area contributed by atoms with Gasteiger partial charge in [-0.1, -0.05) is 36.2 Å². The molecule has 0 aromatic heterocycles. The summed E-state index contributed by atoms with van der Waals surface area (Å²) in [7, 11) is 0. The lowest BCUT2D eigenvalue weighted by atomic mass is 9.89. The van der Waals surface area contributed by atoms with Gasteiger partial charge in [0.05, 0.1) is 0 Å². The van der Waals surface area contributed by atoms with Gasteiger partial charge in [0.25, 0.3) is 0 Å². The molecule has 1 fully saturated rings. The molecule has 106 valence electrons. The molecule has 1 nitrogen and oxygen atoms in total. The molecule has 2 atom stereocenters. The normalized spacial score (nSPS) is 23.8. The predicted molar refractivity (Wildman–Crippen MR) is 83.5 cm³/mol. The van der Waals surface area contributed by atoms with Gasteiger partial charge < -0.3 is 5.32 Å². The average molecular weight is 259 g/mol. The van der Waals surface area contributed by atoms with E-state index in [1.807, 2.05) is 0 Å². The van der Waals surface area contributed by atoms with E-state index < -0.39 is 0 Å². The van der Waals surface area contributed by atoms with Crippen LogP contribution in [0.25, 0.3) is 0 Å². The fraction of sp³-hybridized carbons (Fsp3) is 0.667. The Morgan fingerprint density at radius 1 is 1.05 bits per heavy atom. The monoisotopic (exact) mass is 259 g/mol. The van der Waals surface area contributed by atoms with E-state index in [2.05, 4.69) is 57.3 Å². The fourth-order valence-electron chi connectivity index (χ4n) is 3.12. The molecule has 0 spiro atoms. The van der Waals surface area contributed by atoms with Crippen molar-refractivity contribution in [3.63, 3.8) is 0 Å². The second kappa shape index (κ2) is 6.09. The van der Waals surface area contributed by atoms with Crippen LogP contribution in [0.4, 0.5) is 0 Å². The van der Waals surface area contributed by atoms with Crippen molar-refractivity contribution in [2.45, 2.75) is 58.9 Å². The zero-order valence-corrected chi connectivity index (χ0v) is 13.0. The standard InChI is InChI=1S/C18H29N/c1-14-8-10-15(11-9-14)12-16-6-5-7-17(16)13-19-18(2,3)4/h8-11,16-17,19H,5-7,12-13H2,1-4H3. The van der Waals surface area contributed by atoms with Gasteiger partial charge in [-0.2, -0.15) is 0 Å². The highest BCUT2D eigenvalue weighted by molar-refractivity contribution is 5.21. The number of rotatable bonds is 4. The summed E-state index contributed by atoms with van der Waals surface area (Å²) in [5.41, 5.74) is 3.12. The average Bonchev–Trinajstić information content (AvgIpc) is 2.76. The second-order valence-corrected chi connectivity index (χ2v) is 7.27. The Morgan fingerprint density at radius 2 is 1.68 bits per heavy atom. The predicted octanol–water partition coefficient (Wildman–Crippen LogP) is 4.34. The molecule has 2 rings (SSSR count). The van der Waals surface area contributed by atoms with Gasteiger partial charge in [-0.05, 0) is 70.9 Å². The Labute approximate surface area is 118 Å². The van der Waals surface area contributed by atoms with Crippen LogP contribution in [-0.2, 0) is 6.42 Å². The third-order valence-electron chi connectivity index (χ3n) is 4.33. The minimum atomic E-state index is 0.247. The van der Waals surface area contributed by atoms with Crippen LogP contribution < -0.4 is 5.32 Å². The van der Waals surface area contributed by atoms with E-state index in [0.717, 1.165) is 11.8 Å². The fourth-order valence-corrected chi connectivity index (χ4v) is 3.12. The summed E-state index contributed by atoms with van der Waals surface area (Å²) in [4.78, 5) is 0. The van der Waals surface area contributed by atoms with E-state index >= 15 is 0 Å². The van der Waals surface area contributed by atoms with Gasteiger partial charge in [-0.3, -0.25) is 0 Å². The number of hydrogen-bond donors (Lipinski definition) is 1. The Kier molecular flexibility index (Phi) is 4.67. The maximum absolute atomic E-state index is 3.69. The SMILES string of the molecule is Cc1ccc(CC2CCCC2CNC(C)(C)C)cc1. The minimum absolute atomic E-state index is 0.247. The number of aryl methyl sites for hydroxylation is 1. The Balaban J connectivity index is 1.90. The van der Waals surface area contributed by atoms with E-state index in [0.29, 0.717) is 0 Å². The van der Waals surface area contributed by atoms with Crippen molar-refractivity contribution in [2.75, 3.05) is 6.54 Å². The van der Waals surface area contributed by atoms with Crippen molar-refractivity contribution in [1.82, 2.24) is 5.32 Å². The molecular formula is C18H29N. The maximum Gasteiger partial charge on any atom is 0.00966 e. The molecule has 1 N–H and O–H groups in total.